The highest BCUT2D eigenvalue weighted by molar-refractivity contribution is 5.80. The molecule has 1 aliphatic rings. The van der Waals surface area contributed by atoms with E-state index in [1.54, 1.807) is 4.70 Å². The molecule has 0 fully saturated rings. The Bertz CT molecular complexity index is 1900. The van der Waals surface area contributed by atoms with Crippen LogP contribution in [0.1, 0.15) is 434 Å². The zero-order chi connectivity index (χ0) is 61.3. The number of hydrogen-bond donors (Lipinski definition) is 0. The summed E-state index contributed by atoms with van der Waals surface area (Å²) < 4.78 is 1.56. The zero-order valence-electron chi connectivity index (χ0n) is 58.5. The second kappa shape index (κ2) is 57.2. The largest absolute Gasteiger partial charge is 0.493 e. The molecule has 2 heteroatoms. The van der Waals surface area contributed by atoms with Crippen molar-refractivity contribution in [3.63, 3.8) is 0 Å². The maximum Gasteiger partial charge on any atom is 0.210 e. The molecular weight excluding hydrogens is 1040 g/mol. The molecule has 0 aromatic heterocycles. The lowest BCUT2D eigenvalue weighted by Crippen LogP contribution is -2.04. The van der Waals surface area contributed by atoms with E-state index >= 15 is 0 Å². The van der Waals surface area contributed by atoms with E-state index in [0.29, 0.717) is 0 Å². The Labute approximate surface area is 537 Å². The maximum absolute atomic E-state index is 12.4. The zero-order valence-corrected chi connectivity index (χ0v) is 58.5. The first-order valence-corrected chi connectivity index (χ1v) is 39.1. The Morgan fingerprint density at radius 2 is 0.558 bits per heavy atom. The molecule has 2 aromatic carbocycles. The van der Waals surface area contributed by atoms with E-state index < -0.39 is 0 Å². The summed E-state index contributed by atoms with van der Waals surface area (Å²) in [4.78, 5) is 0. The fourth-order valence-electron chi connectivity index (χ4n) is 13.6. The molecule has 1 aliphatic heterocycles. The predicted molar refractivity (Wildman–Crippen MR) is 388 cm³/mol. The molecule has 0 bridgehead atoms. The van der Waals surface area contributed by atoms with Crippen molar-refractivity contribution in [3.8, 4) is 0 Å². The molecule has 2 nitrogen and oxygen atoms in total. The van der Waals surface area contributed by atoms with Crippen LogP contribution >= 0.6 is 0 Å². The minimum absolute atomic E-state index is 0.885. The lowest BCUT2D eigenvalue weighted by molar-refractivity contribution is -0.344. The smallest absolute Gasteiger partial charge is 0.210 e. The van der Waals surface area contributed by atoms with Crippen molar-refractivity contribution in [1.29, 1.82) is 0 Å². The third-order valence-corrected chi connectivity index (χ3v) is 19.2. The normalized spacial score (nSPS) is 12.8. The Morgan fingerprint density at radius 1 is 0.291 bits per heavy atom. The van der Waals surface area contributed by atoms with Gasteiger partial charge in [0.05, 0.1) is 0 Å². The van der Waals surface area contributed by atoms with Crippen LogP contribution in [0.3, 0.4) is 0 Å². The van der Waals surface area contributed by atoms with E-state index in [1.807, 2.05) is 0 Å². The van der Waals surface area contributed by atoms with Crippen LogP contribution < -0.4 is 0 Å². The van der Waals surface area contributed by atoms with Gasteiger partial charge in [-0.2, -0.15) is 0 Å². The van der Waals surface area contributed by atoms with Crippen LogP contribution in [0.4, 0.5) is 0 Å². The molecule has 0 radical (unpaired) electrons. The van der Waals surface area contributed by atoms with Crippen molar-refractivity contribution in [2.45, 2.75) is 413 Å². The maximum atomic E-state index is 12.4. The highest BCUT2D eigenvalue weighted by Gasteiger charge is 2.29. The van der Waals surface area contributed by atoms with Gasteiger partial charge in [-0.15, -0.1) is 0 Å². The van der Waals surface area contributed by atoms with Crippen molar-refractivity contribution in [3.05, 3.63) is 99.1 Å². The van der Waals surface area contributed by atoms with E-state index in [9.17, 15) is 5.53 Å². The first kappa shape index (κ1) is 77.2. The Hall–Kier alpha value is -3.00. The van der Waals surface area contributed by atoms with Crippen LogP contribution in [0.5, 0.6) is 0 Å². The van der Waals surface area contributed by atoms with Gasteiger partial charge in [0.2, 0.25) is 11.4 Å². The monoisotopic (exact) mass is 1180 g/mol. The van der Waals surface area contributed by atoms with Gasteiger partial charge in [0.25, 0.3) is 0 Å². The number of nitrogens with zero attached hydrogens (tertiary/aromatic N) is 2. The molecule has 1 heterocycles. The van der Waals surface area contributed by atoms with Gasteiger partial charge in [-0.25, -0.2) is 4.70 Å². The molecule has 3 rings (SSSR count). The molecule has 86 heavy (non-hydrogen) atoms. The van der Waals surface area contributed by atoms with E-state index in [4.69, 9.17) is 0 Å². The van der Waals surface area contributed by atoms with Gasteiger partial charge >= 0.3 is 0 Å². The Kier molecular flexibility index (Phi) is 51.4. The van der Waals surface area contributed by atoms with Crippen LogP contribution in [0.15, 0.2) is 60.2 Å². The van der Waals surface area contributed by atoms with Crippen molar-refractivity contribution in [2.75, 3.05) is 0 Å². The molecule has 0 spiro atoms. The second-order valence-corrected chi connectivity index (χ2v) is 27.6. The molecule has 0 unspecified atom stereocenters. The molecule has 0 saturated carbocycles. The number of unbranched alkanes of at least 4 members (excludes halogenated alkanes) is 52. The van der Waals surface area contributed by atoms with Gasteiger partial charge in [-0.1, -0.05) is 386 Å². The molecule has 490 valence electrons. The molecule has 0 saturated heterocycles. The summed E-state index contributed by atoms with van der Waals surface area (Å²) in [5.41, 5.74) is 23.2. The van der Waals surface area contributed by atoms with Crippen LogP contribution in [0, 0.1) is 0 Å². The summed E-state index contributed by atoms with van der Waals surface area (Å²) in [5, 5.41) is 0. The summed E-state index contributed by atoms with van der Waals surface area (Å²) in [6.45, 7) is 11.5. The van der Waals surface area contributed by atoms with Gasteiger partial charge in [0.15, 0.2) is 0 Å². The number of aryl methyl sites for hydroxylation is 2. The van der Waals surface area contributed by atoms with Crippen LogP contribution in [0.25, 0.3) is 29.1 Å². The third-order valence-electron chi connectivity index (χ3n) is 19.2. The standard InChI is InChI=1S/C84H144N2/c1-6-11-15-19-23-25-27-29-31-33-35-37-39-41-43-45-47-49-51-53-55-59-63-65-76-69-77(66-64-60-56-54-52-50-48-46-44-42-40-38-36-34-32-30-28-26-24-20-16-12-7-2)72-81(71-76)83-75-80(10-5)84(86(83)85)82-73-78(67-61-57-21-17-13-8-3)70-79(74-82)68-62-58-22-18-14-9-4/h63-66,69-75H,6-62,67-68H2,1-5H3. The fraction of sp³-hybridized carbons (Fsp3) is 0.762. The molecule has 0 N–H and O–H groups in total. The highest BCUT2D eigenvalue weighted by atomic mass is 15.2. The fourth-order valence-corrected chi connectivity index (χ4v) is 13.6. The van der Waals surface area contributed by atoms with Gasteiger partial charge in [0, 0.05) is 22.8 Å². The number of rotatable bonds is 63. The number of benzene rings is 2. The Morgan fingerprint density at radius 3 is 0.837 bits per heavy atom. The summed E-state index contributed by atoms with van der Waals surface area (Å²) in [6.07, 6.45) is 92.9. The van der Waals surface area contributed by atoms with Crippen LogP contribution in [-0.2, 0) is 12.8 Å². The quantitative estimate of drug-likeness (QED) is 0.0466. The number of hydrogen-bond acceptors (Lipinski definition) is 0. The van der Waals surface area contributed by atoms with E-state index in [2.05, 4.69) is 101 Å². The van der Waals surface area contributed by atoms with Gasteiger partial charge in [-0.3, -0.25) is 0 Å². The van der Waals surface area contributed by atoms with Crippen LogP contribution in [0.2, 0.25) is 0 Å². The van der Waals surface area contributed by atoms with Gasteiger partial charge in [0.1, 0.15) is 0 Å². The summed E-state index contributed by atoms with van der Waals surface area (Å²) >= 11 is 0. The molecule has 0 amide bonds. The first-order valence-electron chi connectivity index (χ1n) is 39.1. The average molecular weight is 1180 g/mol. The topological polar surface area (TPSA) is 25.3 Å². The van der Waals surface area contributed by atoms with Crippen molar-refractivity contribution >= 4 is 23.5 Å². The lowest BCUT2D eigenvalue weighted by Gasteiger charge is -2.14. The van der Waals surface area contributed by atoms with E-state index in [0.717, 1.165) is 49.1 Å². The SMILES string of the molecule is CCCCCCCCCCCCCCCCCCCCCCCC=Cc1cc(C=CCCCCCCCCCCCCCCCCCCCCCCC)cc(C2=CC(CC)=C(c3cc(CCCCCCCC)cc(CCCCCCCC)c3)[N+]2=[N-])c1. The summed E-state index contributed by atoms with van der Waals surface area (Å²) in [6, 6.07) is 14.4. The minimum Gasteiger partial charge on any atom is -0.493 e. The van der Waals surface area contributed by atoms with Gasteiger partial charge in [-0.05, 0) is 110 Å². The molecule has 0 atom stereocenters. The lowest BCUT2D eigenvalue weighted by atomic mass is 9.95. The minimum atomic E-state index is 0.885. The summed E-state index contributed by atoms with van der Waals surface area (Å²) in [7, 11) is 0. The van der Waals surface area contributed by atoms with Crippen LogP contribution in [-0.4, -0.2) is 4.70 Å². The Balaban J connectivity index is 1.51. The number of allylic oxidation sites excluding steroid dienone is 4. The van der Waals surface area contributed by atoms with Crippen molar-refractivity contribution < 1.29 is 4.70 Å². The second-order valence-electron chi connectivity index (χ2n) is 27.6. The van der Waals surface area contributed by atoms with Crippen molar-refractivity contribution in [1.82, 2.24) is 0 Å². The highest BCUT2D eigenvalue weighted by Crippen LogP contribution is 2.38. The first-order chi connectivity index (χ1) is 42.5. The van der Waals surface area contributed by atoms with E-state index in [-0.39, 0.29) is 0 Å². The predicted octanol–water partition coefficient (Wildman–Crippen LogP) is 29.9. The third kappa shape index (κ3) is 40.6. The molecule has 2 aromatic rings. The summed E-state index contributed by atoms with van der Waals surface area (Å²) in [5.74, 6) is 0. The molecule has 0 aliphatic carbocycles. The molecular formula is C84H144N2. The van der Waals surface area contributed by atoms with E-state index in [1.165, 1.54) is 380 Å². The van der Waals surface area contributed by atoms with Crippen molar-refractivity contribution in [2.24, 2.45) is 0 Å². The van der Waals surface area contributed by atoms with Gasteiger partial charge < -0.3 is 5.53 Å². The average Bonchev–Trinajstić information content (AvgIpc) is 2.08.